The van der Waals surface area contributed by atoms with E-state index in [0.29, 0.717) is 12.1 Å². The Morgan fingerprint density at radius 1 is 1.08 bits per heavy atom. The summed E-state index contributed by atoms with van der Waals surface area (Å²) < 4.78 is 5.22. The number of nitrogens with one attached hydrogen (secondary N) is 1. The Bertz CT molecular complexity index is 593. The lowest BCUT2D eigenvalue weighted by Gasteiger charge is -2.21. The first-order valence-corrected chi connectivity index (χ1v) is 8.78. The molecule has 1 heterocycles. The maximum Gasteiger partial charge on any atom is 0.412 e. The van der Waals surface area contributed by atoms with Crippen molar-refractivity contribution in [2.75, 3.05) is 38.5 Å². The van der Waals surface area contributed by atoms with E-state index >= 15 is 0 Å². The number of amides is 2. The number of anilines is 1. The fourth-order valence-corrected chi connectivity index (χ4v) is 2.71. The summed E-state index contributed by atoms with van der Waals surface area (Å²) in [5, 5.41) is 2.69. The maximum absolute atomic E-state index is 12.5. The van der Waals surface area contributed by atoms with Crippen LogP contribution >= 0.6 is 0 Å². The van der Waals surface area contributed by atoms with E-state index in [1.54, 1.807) is 12.1 Å². The van der Waals surface area contributed by atoms with Gasteiger partial charge in [0.25, 0.3) is 0 Å². The van der Waals surface area contributed by atoms with Crippen LogP contribution in [-0.2, 0) is 16.0 Å². The van der Waals surface area contributed by atoms with Gasteiger partial charge in [-0.3, -0.25) is 10.1 Å². The first-order valence-electron chi connectivity index (χ1n) is 8.78. The SMILES string of the molecule is CN1CCCN(C(=O)Cc2ccc(NC(=O)OC(C)(C)C)cc2)CC1. The lowest BCUT2D eigenvalue weighted by atomic mass is 10.1. The standard InChI is InChI=1S/C19H29N3O3/c1-19(2,3)25-18(24)20-16-8-6-15(7-9-16)14-17(23)22-11-5-10-21(4)12-13-22/h6-9H,5,10-14H2,1-4H3,(H,20,24). The molecule has 1 saturated heterocycles. The van der Waals surface area contributed by atoms with Crippen LogP contribution in [0.2, 0.25) is 0 Å². The average Bonchev–Trinajstić information content (AvgIpc) is 2.72. The van der Waals surface area contributed by atoms with Gasteiger partial charge < -0.3 is 14.5 Å². The van der Waals surface area contributed by atoms with Gasteiger partial charge in [-0.2, -0.15) is 0 Å². The molecule has 0 bridgehead atoms. The lowest BCUT2D eigenvalue weighted by molar-refractivity contribution is -0.130. The highest BCUT2D eigenvalue weighted by molar-refractivity contribution is 5.85. The Morgan fingerprint density at radius 2 is 1.76 bits per heavy atom. The average molecular weight is 347 g/mol. The molecule has 1 aliphatic rings. The van der Waals surface area contributed by atoms with Gasteiger partial charge in [-0.05, 0) is 58.5 Å². The van der Waals surface area contributed by atoms with Gasteiger partial charge in [-0.25, -0.2) is 4.79 Å². The first kappa shape index (κ1) is 19.2. The predicted octanol–water partition coefficient (Wildman–Crippen LogP) is 2.74. The molecular formula is C19H29N3O3. The Morgan fingerprint density at radius 3 is 2.40 bits per heavy atom. The van der Waals surface area contributed by atoms with Crippen molar-refractivity contribution in [2.45, 2.75) is 39.2 Å². The molecule has 0 saturated carbocycles. The molecule has 0 atom stereocenters. The zero-order valence-electron chi connectivity index (χ0n) is 15.7. The van der Waals surface area contributed by atoms with Crippen LogP contribution in [0.5, 0.6) is 0 Å². The quantitative estimate of drug-likeness (QED) is 0.913. The molecule has 0 aliphatic carbocycles. The molecule has 0 unspecified atom stereocenters. The fraction of sp³-hybridized carbons (Fsp3) is 0.579. The van der Waals surface area contributed by atoms with Crippen LogP contribution in [0.25, 0.3) is 0 Å². The molecule has 0 spiro atoms. The van der Waals surface area contributed by atoms with Crippen molar-refractivity contribution in [2.24, 2.45) is 0 Å². The van der Waals surface area contributed by atoms with Crippen LogP contribution in [0.4, 0.5) is 10.5 Å². The number of hydrogen-bond donors (Lipinski definition) is 1. The molecule has 6 nitrogen and oxygen atoms in total. The molecule has 2 amide bonds. The summed E-state index contributed by atoms with van der Waals surface area (Å²) in [6, 6.07) is 7.33. The minimum absolute atomic E-state index is 0.156. The summed E-state index contributed by atoms with van der Waals surface area (Å²) in [6.45, 7) is 9.03. The van der Waals surface area contributed by atoms with Crippen LogP contribution in [0.1, 0.15) is 32.8 Å². The molecule has 2 rings (SSSR count). The molecule has 1 aromatic rings. The van der Waals surface area contributed by atoms with Gasteiger partial charge in [0.2, 0.25) is 5.91 Å². The van der Waals surface area contributed by atoms with E-state index in [2.05, 4.69) is 17.3 Å². The maximum atomic E-state index is 12.5. The summed E-state index contributed by atoms with van der Waals surface area (Å²) in [5.74, 6) is 0.156. The van der Waals surface area contributed by atoms with Crippen LogP contribution in [0, 0.1) is 0 Å². The van der Waals surface area contributed by atoms with E-state index in [0.717, 1.165) is 38.2 Å². The van der Waals surface area contributed by atoms with E-state index in [1.807, 2.05) is 37.8 Å². The van der Waals surface area contributed by atoms with Crippen molar-refractivity contribution in [1.82, 2.24) is 9.80 Å². The van der Waals surface area contributed by atoms with Crippen molar-refractivity contribution in [3.05, 3.63) is 29.8 Å². The molecule has 1 N–H and O–H groups in total. The van der Waals surface area contributed by atoms with Gasteiger partial charge in [0.15, 0.2) is 0 Å². The normalized spacial score (nSPS) is 16.2. The minimum Gasteiger partial charge on any atom is -0.444 e. The Balaban J connectivity index is 1.87. The third kappa shape index (κ3) is 6.74. The molecule has 138 valence electrons. The zero-order valence-corrected chi connectivity index (χ0v) is 15.7. The zero-order chi connectivity index (χ0) is 18.4. The lowest BCUT2D eigenvalue weighted by Crippen LogP contribution is -2.35. The van der Waals surface area contributed by atoms with Crippen LogP contribution in [0.3, 0.4) is 0 Å². The van der Waals surface area contributed by atoms with Gasteiger partial charge >= 0.3 is 6.09 Å². The van der Waals surface area contributed by atoms with Crippen molar-refractivity contribution in [3.63, 3.8) is 0 Å². The van der Waals surface area contributed by atoms with Crippen LogP contribution in [0.15, 0.2) is 24.3 Å². The highest BCUT2D eigenvalue weighted by Crippen LogP contribution is 2.14. The molecule has 1 fully saturated rings. The van der Waals surface area contributed by atoms with Gasteiger partial charge in [0, 0.05) is 25.3 Å². The first-order chi connectivity index (χ1) is 11.7. The third-order valence-corrected chi connectivity index (χ3v) is 4.03. The molecule has 25 heavy (non-hydrogen) atoms. The Kier molecular flexibility index (Phi) is 6.42. The van der Waals surface area contributed by atoms with Crippen molar-refractivity contribution < 1.29 is 14.3 Å². The number of ether oxygens (including phenoxy) is 1. The number of rotatable bonds is 3. The van der Waals surface area contributed by atoms with E-state index in [9.17, 15) is 9.59 Å². The van der Waals surface area contributed by atoms with Gasteiger partial charge in [-0.15, -0.1) is 0 Å². The molecular weight excluding hydrogens is 318 g/mol. The largest absolute Gasteiger partial charge is 0.444 e. The van der Waals surface area contributed by atoms with E-state index < -0.39 is 11.7 Å². The van der Waals surface area contributed by atoms with E-state index in [-0.39, 0.29) is 5.91 Å². The Hall–Kier alpha value is -2.08. The number of carbonyl (C=O) groups excluding carboxylic acids is 2. The topological polar surface area (TPSA) is 61.9 Å². The summed E-state index contributed by atoms with van der Waals surface area (Å²) in [6.07, 6.45) is 0.919. The number of hydrogen-bond acceptors (Lipinski definition) is 4. The van der Waals surface area contributed by atoms with E-state index in [4.69, 9.17) is 4.74 Å². The summed E-state index contributed by atoms with van der Waals surface area (Å²) in [4.78, 5) is 28.4. The number of carbonyl (C=O) groups is 2. The van der Waals surface area contributed by atoms with Gasteiger partial charge in [0.1, 0.15) is 5.60 Å². The van der Waals surface area contributed by atoms with Gasteiger partial charge in [0.05, 0.1) is 6.42 Å². The van der Waals surface area contributed by atoms with Gasteiger partial charge in [-0.1, -0.05) is 12.1 Å². The van der Waals surface area contributed by atoms with Crippen molar-refractivity contribution >= 4 is 17.7 Å². The summed E-state index contributed by atoms with van der Waals surface area (Å²) in [7, 11) is 2.09. The highest BCUT2D eigenvalue weighted by Gasteiger charge is 2.18. The second-order valence-electron chi connectivity index (χ2n) is 7.54. The Labute approximate surface area is 150 Å². The number of likely N-dealkylation sites (N-methyl/N-ethyl adjacent to an activating group) is 1. The molecule has 0 radical (unpaired) electrons. The monoisotopic (exact) mass is 347 g/mol. The molecule has 1 aliphatic heterocycles. The molecule has 6 heteroatoms. The highest BCUT2D eigenvalue weighted by atomic mass is 16.6. The third-order valence-electron chi connectivity index (χ3n) is 4.03. The minimum atomic E-state index is -0.530. The van der Waals surface area contributed by atoms with Crippen molar-refractivity contribution in [3.8, 4) is 0 Å². The number of nitrogens with zero attached hydrogens (tertiary/aromatic N) is 2. The molecule has 0 aromatic heterocycles. The van der Waals surface area contributed by atoms with Crippen LogP contribution < -0.4 is 5.32 Å². The smallest absolute Gasteiger partial charge is 0.412 e. The van der Waals surface area contributed by atoms with Crippen LogP contribution in [-0.4, -0.2) is 60.6 Å². The molecule has 1 aromatic carbocycles. The van der Waals surface area contributed by atoms with Crippen molar-refractivity contribution in [1.29, 1.82) is 0 Å². The second kappa shape index (κ2) is 8.34. The summed E-state index contributed by atoms with van der Waals surface area (Å²) >= 11 is 0. The predicted molar refractivity (Wildman–Crippen MR) is 98.7 cm³/mol. The fourth-order valence-electron chi connectivity index (χ4n) is 2.71. The number of benzene rings is 1. The summed E-state index contributed by atoms with van der Waals surface area (Å²) in [5.41, 5.74) is 1.07. The van der Waals surface area contributed by atoms with E-state index in [1.165, 1.54) is 0 Å². The second-order valence-corrected chi connectivity index (χ2v) is 7.54.